The van der Waals surface area contributed by atoms with Crippen molar-refractivity contribution in [1.82, 2.24) is 5.32 Å². The summed E-state index contributed by atoms with van der Waals surface area (Å²) >= 11 is 0. The highest BCUT2D eigenvalue weighted by atomic mass is 16.5. The van der Waals surface area contributed by atoms with E-state index >= 15 is 0 Å². The van der Waals surface area contributed by atoms with Gasteiger partial charge in [0.1, 0.15) is 5.75 Å². The fourth-order valence-electron chi connectivity index (χ4n) is 2.57. The highest BCUT2D eigenvalue weighted by Gasteiger charge is 2.30. The topological polar surface area (TPSA) is 75.6 Å². The maximum Gasteiger partial charge on any atom is 0.306 e. The van der Waals surface area contributed by atoms with E-state index in [2.05, 4.69) is 5.32 Å². The Balaban J connectivity index is 2.00. The van der Waals surface area contributed by atoms with Crippen LogP contribution in [0.2, 0.25) is 0 Å². The Bertz CT molecular complexity index is 527. The molecule has 0 spiro atoms. The molecule has 2 rings (SSSR count). The van der Waals surface area contributed by atoms with Crippen molar-refractivity contribution in [2.75, 3.05) is 7.11 Å². The van der Waals surface area contributed by atoms with Crippen LogP contribution in [0.25, 0.3) is 0 Å². The molecular formula is C15H19NO4. The first kappa shape index (κ1) is 14.4. The molecule has 2 N–H and O–H groups in total. The van der Waals surface area contributed by atoms with Gasteiger partial charge in [0.15, 0.2) is 0 Å². The van der Waals surface area contributed by atoms with Gasteiger partial charge in [0.25, 0.3) is 5.91 Å². The third-order valence-corrected chi connectivity index (χ3v) is 3.79. The lowest BCUT2D eigenvalue weighted by Gasteiger charge is -2.13. The molecule has 0 aromatic heterocycles. The maximum atomic E-state index is 12.1. The number of nitrogens with one attached hydrogen (secondary N) is 1. The van der Waals surface area contributed by atoms with Crippen molar-refractivity contribution in [2.24, 2.45) is 5.92 Å². The molecule has 20 heavy (non-hydrogen) atoms. The van der Waals surface area contributed by atoms with E-state index in [0.29, 0.717) is 30.6 Å². The third-order valence-electron chi connectivity index (χ3n) is 3.79. The molecule has 1 fully saturated rings. The quantitative estimate of drug-likeness (QED) is 0.882. The Kier molecular flexibility index (Phi) is 4.27. The van der Waals surface area contributed by atoms with E-state index in [9.17, 15) is 9.59 Å². The molecule has 0 aliphatic heterocycles. The lowest BCUT2D eigenvalue weighted by Crippen LogP contribution is -2.33. The number of carbonyl (C=O) groups excluding carboxylic acids is 1. The van der Waals surface area contributed by atoms with Gasteiger partial charge in [0.2, 0.25) is 0 Å². The van der Waals surface area contributed by atoms with Crippen LogP contribution in [0, 0.1) is 12.8 Å². The lowest BCUT2D eigenvalue weighted by molar-refractivity contribution is -0.141. The molecule has 0 bridgehead atoms. The summed E-state index contributed by atoms with van der Waals surface area (Å²) in [6.45, 7) is 1.91. The molecule has 1 aromatic rings. The summed E-state index contributed by atoms with van der Waals surface area (Å²) in [7, 11) is 1.57. The van der Waals surface area contributed by atoms with Gasteiger partial charge in [-0.3, -0.25) is 9.59 Å². The Morgan fingerprint density at radius 2 is 2.10 bits per heavy atom. The van der Waals surface area contributed by atoms with Gasteiger partial charge in [-0.25, -0.2) is 0 Å². The number of carbonyl (C=O) groups is 2. The first-order valence-corrected chi connectivity index (χ1v) is 6.69. The van der Waals surface area contributed by atoms with Gasteiger partial charge >= 0.3 is 5.97 Å². The van der Waals surface area contributed by atoms with E-state index in [1.807, 2.05) is 13.0 Å². The van der Waals surface area contributed by atoms with Gasteiger partial charge in [-0.2, -0.15) is 0 Å². The van der Waals surface area contributed by atoms with Crippen LogP contribution in [0.5, 0.6) is 5.75 Å². The van der Waals surface area contributed by atoms with Gasteiger partial charge in [-0.05, 0) is 43.9 Å². The Morgan fingerprint density at radius 1 is 1.35 bits per heavy atom. The number of hydrogen-bond donors (Lipinski definition) is 2. The standard InChI is InChI=1S/C15H19NO4/c1-9-3-4-10(8-13(9)20-2)14(17)16-12-6-5-11(7-12)15(18)19/h3-4,8,11-12H,5-7H2,1-2H3,(H,16,17)(H,18,19)/t11-,12+/m0/s1. The molecule has 0 unspecified atom stereocenters. The van der Waals surface area contributed by atoms with Gasteiger partial charge in [0, 0.05) is 11.6 Å². The summed E-state index contributed by atoms with van der Waals surface area (Å²) < 4.78 is 5.20. The van der Waals surface area contributed by atoms with E-state index in [-0.39, 0.29) is 17.9 Å². The molecule has 1 amide bonds. The number of carboxylic acid groups (broad SMARTS) is 1. The molecule has 0 heterocycles. The summed E-state index contributed by atoms with van der Waals surface area (Å²) in [4.78, 5) is 23.0. The van der Waals surface area contributed by atoms with E-state index in [0.717, 1.165) is 5.56 Å². The van der Waals surface area contributed by atoms with Crippen LogP contribution in [0.15, 0.2) is 18.2 Å². The van der Waals surface area contributed by atoms with Crippen LogP contribution in [-0.4, -0.2) is 30.1 Å². The van der Waals surface area contributed by atoms with E-state index in [1.54, 1.807) is 19.2 Å². The van der Waals surface area contributed by atoms with Crippen LogP contribution in [-0.2, 0) is 4.79 Å². The number of amides is 1. The van der Waals surface area contributed by atoms with Crippen molar-refractivity contribution in [3.05, 3.63) is 29.3 Å². The van der Waals surface area contributed by atoms with Crippen molar-refractivity contribution in [3.8, 4) is 5.75 Å². The Hall–Kier alpha value is -2.04. The van der Waals surface area contributed by atoms with Gasteiger partial charge in [-0.1, -0.05) is 6.07 Å². The predicted molar refractivity (Wildman–Crippen MR) is 74.0 cm³/mol. The molecular weight excluding hydrogens is 258 g/mol. The normalized spacial score (nSPS) is 21.5. The Morgan fingerprint density at radius 3 is 2.70 bits per heavy atom. The zero-order valence-electron chi connectivity index (χ0n) is 11.7. The zero-order chi connectivity index (χ0) is 14.7. The van der Waals surface area contributed by atoms with Crippen molar-refractivity contribution in [3.63, 3.8) is 0 Å². The summed E-state index contributed by atoms with van der Waals surface area (Å²) in [6, 6.07) is 5.23. The number of carboxylic acids is 1. The molecule has 1 saturated carbocycles. The summed E-state index contributed by atoms with van der Waals surface area (Å²) in [5, 5.41) is 11.8. The second-order valence-corrected chi connectivity index (χ2v) is 5.20. The lowest BCUT2D eigenvalue weighted by atomic mass is 10.1. The first-order valence-electron chi connectivity index (χ1n) is 6.69. The van der Waals surface area contributed by atoms with E-state index in [1.165, 1.54) is 0 Å². The molecule has 1 aliphatic carbocycles. The highest BCUT2D eigenvalue weighted by molar-refractivity contribution is 5.95. The number of aryl methyl sites for hydroxylation is 1. The number of hydrogen-bond acceptors (Lipinski definition) is 3. The molecule has 2 atom stereocenters. The zero-order valence-corrected chi connectivity index (χ0v) is 11.7. The summed E-state index contributed by atoms with van der Waals surface area (Å²) in [5.74, 6) is -0.626. The third kappa shape index (κ3) is 3.10. The smallest absolute Gasteiger partial charge is 0.306 e. The minimum Gasteiger partial charge on any atom is -0.496 e. The molecule has 1 aliphatic rings. The van der Waals surface area contributed by atoms with Crippen molar-refractivity contribution >= 4 is 11.9 Å². The van der Waals surface area contributed by atoms with Crippen LogP contribution < -0.4 is 10.1 Å². The number of rotatable bonds is 4. The van der Waals surface area contributed by atoms with Crippen molar-refractivity contribution < 1.29 is 19.4 Å². The molecule has 108 valence electrons. The van der Waals surface area contributed by atoms with Gasteiger partial charge in [0.05, 0.1) is 13.0 Å². The van der Waals surface area contributed by atoms with Crippen LogP contribution >= 0.6 is 0 Å². The summed E-state index contributed by atoms with van der Waals surface area (Å²) in [5.41, 5.74) is 1.50. The maximum absolute atomic E-state index is 12.1. The molecule has 5 nitrogen and oxygen atoms in total. The SMILES string of the molecule is COc1cc(C(=O)N[C@@H]2CC[C@H](C(=O)O)C2)ccc1C. The largest absolute Gasteiger partial charge is 0.496 e. The molecule has 0 radical (unpaired) electrons. The summed E-state index contributed by atoms with van der Waals surface area (Å²) in [6.07, 6.45) is 1.84. The van der Waals surface area contributed by atoms with Gasteiger partial charge in [-0.15, -0.1) is 0 Å². The predicted octanol–water partition coefficient (Wildman–Crippen LogP) is 1.99. The average molecular weight is 277 g/mol. The average Bonchev–Trinajstić information content (AvgIpc) is 2.88. The molecule has 1 aromatic carbocycles. The minimum atomic E-state index is -0.779. The number of aliphatic carboxylic acids is 1. The number of ether oxygens (including phenoxy) is 1. The fourth-order valence-corrected chi connectivity index (χ4v) is 2.57. The van der Waals surface area contributed by atoms with Crippen LogP contribution in [0.1, 0.15) is 35.2 Å². The Labute approximate surface area is 117 Å². The highest BCUT2D eigenvalue weighted by Crippen LogP contribution is 2.26. The second kappa shape index (κ2) is 5.94. The molecule has 0 saturated heterocycles. The first-order chi connectivity index (χ1) is 9.51. The second-order valence-electron chi connectivity index (χ2n) is 5.20. The number of methoxy groups -OCH3 is 1. The molecule has 5 heteroatoms. The van der Waals surface area contributed by atoms with Crippen LogP contribution in [0.4, 0.5) is 0 Å². The van der Waals surface area contributed by atoms with Crippen molar-refractivity contribution in [1.29, 1.82) is 0 Å². The minimum absolute atomic E-state index is 0.0594. The van der Waals surface area contributed by atoms with Crippen LogP contribution in [0.3, 0.4) is 0 Å². The number of benzene rings is 1. The van der Waals surface area contributed by atoms with E-state index < -0.39 is 5.97 Å². The van der Waals surface area contributed by atoms with Crippen molar-refractivity contribution in [2.45, 2.75) is 32.2 Å². The van der Waals surface area contributed by atoms with E-state index in [4.69, 9.17) is 9.84 Å². The monoisotopic (exact) mass is 277 g/mol. The van der Waals surface area contributed by atoms with Gasteiger partial charge < -0.3 is 15.2 Å². The fraction of sp³-hybridized carbons (Fsp3) is 0.467.